The quantitative estimate of drug-likeness (QED) is 0.787. The van der Waals surface area contributed by atoms with Crippen LogP contribution < -0.4 is 5.32 Å². The molecule has 0 radical (unpaired) electrons. The van der Waals surface area contributed by atoms with Crippen molar-refractivity contribution in [2.24, 2.45) is 11.3 Å². The number of urea groups is 1. The summed E-state index contributed by atoms with van der Waals surface area (Å²) >= 11 is 0. The third kappa shape index (κ3) is 3.52. The van der Waals surface area contributed by atoms with Gasteiger partial charge in [-0.2, -0.15) is 0 Å². The molecule has 3 rings (SSSR count). The molecule has 1 saturated carbocycles. The molecule has 2 fully saturated rings. The number of carboxylic acids is 1. The van der Waals surface area contributed by atoms with E-state index in [2.05, 4.69) is 10.1 Å². The molecule has 0 unspecified atom stereocenters. The Bertz CT molecular complexity index is 702. The predicted molar refractivity (Wildman–Crippen MR) is 94.8 cm³/mol. The fourth-order valence-electron chi connectivity index (χ4n) is 4.10. The van der Waals surface area contributed by atoms with Gasteiger partial charge in [0.05, 0.1) is 12.5 Å². The first-order chi connectivity index (χ1) is 12.4. The molecule has 2 atom stereocenters. The molecule has 1 aromatic rings. The van der Waals surface area contributed by atoms with Crippen molar-refractivity contribution in [3.05, 3.63) is 29.8 Å². The van der Waals surface area contributed by atoms with Gasteiger partial charge in [-0.1, -0.05) is 18.6 Å². The van der Waals surface area contributed by atoms with Crippen LogP contribution in [0.4, 0.5) is 10.5 Å². The smallest absolute Gasteiger partial charge is 0.321 e. The van der Waals surface area contributed by atoms with E-state index in [9.17, 15) is 19.5 Å². The number of nitrogens with zero attached hydrogens (tertiary/aromatic N) is 1. The van der Waals surface area contributed by atoms with E-state index in [0.717, 1.165) is 18.4 Å². The van der Waals surface area contributed by atoms with Gasteiger partial charge in [-0.15, -0.1) is 0 Å². The third-order valence-electron chi connectivity index (χ3n) is 5.63. The number of nitrogens with one attached hydrogen (secondary N) is 1. The minimum atomic E-state index is -0.787. The molecule has 1 aromatic carbocycles. The first-order valence-corrected chi connectivity index (χ1v) is 8.90. The molecule has 1 aliphatic carbocycles. The Morgan fingerprint density at radius 1 is 1.31 bits per heavy atom. The summed E-state index contributed by atoms with van der Waals surface area (Å²) < 4.78 is 4.62. The van der Waals surface area contributed by atoms with Crippen LogP contribution in [0.5, 0.6) is 0 Å². The fraction of sp³-hybridized carbons (Fsp3) is 0.526. The zero-order valence-electron chi connectivity index (χ0n) is 14.9. The van der Waals surface area contributed by atoms with E-state index in [0.29, 0.717) is 31.5 Å². The highest BCUT2D eigenvalue weighted by Crippen LogP contribution is 2.48. The van der Waals surface area contributed by atoms with E-state index >= 15 is 0 Å². The molecular weight excluding hydrogens is 336 g/mol. The van der Waals surface area contributed by atoms with E-state index in [1.54, 1.807) is 17.0 Å². The van der Waals surface area contributed by atoms with Crippen molar-refractivity contribution >= 4 is 23.7 Å². The Balaban J connectivity index is 1.57. The highest BCUT2D eigenvalue weighted by atomic mass is 16.5. The second kappa shape index (κ2) is 7.35. The molecule has 7 heteroatoms. The summed E-state index contributed by atoms with van der Waals surface area (Å²) in [7, 11) is 1.36. The standard InChI is InChI=1S/C19H24N2O5/c1-26-16(22)9-6-13-4-7-15(8-5-13)20-18(25)21-11-14-3-2-10-19(14,12-21)17(23)24/h4-5,7-8,14H,2-3,6,9-12H2,1H3,(H,20,25)(H,23,24)/t14-,19+/m0/s1. The van der Waals surface area contributed by atoms with Gasteiger partial charge < -0.3 is 20.1 Å². The molecule has 26 heavy (non-hydrogen) atoms. The summed E-state index contributed by atoms with van der Waals surface area (Å²) in [6.07, 6.45) is 3.32. The number of esters is 1. The van der Waals surface area contributed by atoms with Crippen LogP contribution in [-0.4, -0.2) is 48.2 Å². The monoisotopic (exact) mass is 360 g/mol. The number of carbonyl (C=O) groups is 3. The molecule has 1 heterocycles. The number of aliphatic carboxylic acids is 1. The fourth-order valence-corrected chi connectivity index (χ4v) is 4.10. The lowest BCUT2D eigenvalue weighted by Crippen LogP contribution is -2.38. The summed E-state index contributed by atoms with van der Waals surface area (Å²) in [6, 6.07) is 7.02. The van der Waals surface area contributed by atoms with Crippen LogP contribution in [0.3, 0.4) is 0 Å². The Morgan fingerprint density at radius 2 is 2.04 bits per heavy atom. The van der Waals surface area contributed by atoms with Gasteiger partial charge in [-0.25, -0.2) is 4.79 Å². The molecule has 0 bridgehead atoms. The van der Waals surface area contributed by atoms with Gasteiger partial charge >= 0.3 is 18.0 Å². The van der Waals surface area contributed by atoms with Crippen molar-refractivity contribution in [1.82, 2.24) is 4.90 Å². The maximum absolute atomic E-state index is 12.5. The van der Waals surface area contributed by atoms with Crippen molar-refractivity contribution < 1.29 is 24.2 Å². The van der Waals surface area contributed by atoms with Crippen LogP contribution in [0, 0.1) is 11.3 Å². The number of anilines is 1. The molecule has 2 N–H and O–H groups in total. The molecule has 0 spiro atoms. The minimum absolute atomic E-state index is 0.0476. The number of methoxy groups -OCH3 is 1. The number of hydrogen-bond acceptors (Lipinski definition) is 4. The molecule has 1 aliphatic heterocycles. The number of aryl methyl sites for hydroxylation is 1. The van der Waals surface area contributed by atoms with Gasteiger partial charge in [0.1, 0.15) is 0 Å². The topological polar surface area (TPSA) is 95.9 Å². The van der Waals surface area contributed by atoms with Gasteiger partial charge in [0.25, 0.3) is 0 Å². The van der Waals surface area contributed by atoms with Crippen LogP contribution in [0.2, 0.25) is 0 Å². The van der Waals surface area contributed by atoms with Crippen molar-refractivity contribution in [3.63, 3.8) is 0 Å². The maximum Gasteiger partial charge on any atom is 0.321 e. The highest BCUT2D eigenvalue weighted by Gasteiger charge is 2.55. The summed E-state index contributed by atoms with van der Waals surface area (Å²) in [5.74, 6) is -0.994. The third-order valence-corrected chi connectivity index (χ3v) is 5.63. The molecule has 0 aromatic heterocycles. The lowest BCUT2D eigenvalue weighted by Gasteiger charge is -2.23. The Kier molecular flexibility index (Phi) is 5.15. The average molecular weight is 360 g/mol. The van der Waals surface area contributed by atoms with Gasteiger partial charge in [0, 0.05) is 25.2 Å². The van der Waals surface area contributed by atoms with Gasteiger partial charge in [-0.3, -0.25) is 9.59 Å². The lowest BCUT2D eigenvalue weighted by molar-refractivity contribution is -0.149. The summed E-state index contributed by atoms with van der Waals surface area (Å²) in [4.78, 5) is 37.0. The van der Waals surface area contributed by atoms with E-state index in [-0.39, 0.29) is 24.5 Å². The zero-order valence-corrected chi connectivity index (χ0v) is 14.9. The van der Waals surface area contributed by atoms with E-state index in [1.807, 2.05) is 12.1 Å². The van der Waals surface area contributed by atoms with E-state index in [1.165, 1.54) is 7.11 Å². The van der Waals surface area contributed by atoms with E-state index < -0.39 is 11.4 Å². The zero-order chi connectivity index (χ0) is 18.7. The molecule has 2 aliphatic rings. The number of carboxylic acid groups (broad SMARTS) is 1. The summed E-state index contributed by atoms with van der Waals surface area (Å²) in [6.45, 7) is 0.769. The molecule has 7 nitrogen and oxygen atoms in total. The second-order valence-electron chi connectivity index (χ2n) is 7.13. The number of amides is 2. The Hall–Kier alpha value is -2.57. The number of rotatable bonds is 5. The second-order valence-corrected chi connectivity index (χ2v) is 7.13. The number of ether oxygens (including phenoxy) is 1. The summed E-state index contributed by atoms with van der Waals surface area (Å²) in [5.41, 5.74) is 0.863. The van der Waals surface area contributed by atoms with Crippen LogP contribution in [0.1, 0.15) is 31.2 Å². The number of hydrogen-bond donors (Lipinski definition) is 2. The normalized spacial score (nSPS) is 24.2. The highest BCUT2D eigenvalue weighted by molar-refractivity contribution is 5.90. The van der Waals surface area contributed by atoms with Gasteiger partial charge in [0.2, 0.25) is 0 Å². The Morgan fingerprint density at radius 3 is 2.65 bits per heavy atom. The molecule has 140 valence electrons. The lowest BCUT2D eigenvalue weighted by atomic mass is 9.81. The Labute approximate surface area is 152 Å². The van der Waals surface area contributed by atoms with Crippen LogP contribution >= 0.6 is 0 Å². The van der Waals surface area contributed by atoms with Gasteiger partial charge in [0.15, 0.2) is 0 Å². The van der Waals surface area contributed by atoms with Crippen LogP contribution in [-0.2, 0) is 20.7 Å². The van der Waals surface area contributed by atoms with Crippen molar-refractivity contribution in [1.29, 1.82) is 0 Å². The molecule has 1 saturated heterocycles. The minimum Gasteiger partial charge on any atom is -0.481 e. The van der Waals surface area contributed by atoms with Crippen molar-refractivity contribution in [2.45, 2.75) is 32.1 Å². The molecule has 2 amide bonds. The number of benzene rings is 1. The number of carbonyl (C=O) groups excluding carboxylic acids is 2. The molecular formula is C19H24N2O5. The van der Waals surface area contributed by atoms with Crippen molar-refractivity contribution in [2.75, 3.05) is 25.5 Å². The first kappa shape index (κ1) is 18.2. The van der Waals surface area contributed by atoms with Gasteiger partial charge in [-0.05, 0) is 42.9 Å². The predicted octanol–water partition coefficient (Wildman–Crippen LogP) is 2.51. The van der Waals surface area contributed by atoms with Crippen LogP contribution in [0.25, 0.3) is 0 Å². The summed E-state index contributed by atoms with van der Waals surface area (Å²) in [5, 5.41) is 12.4. The maximum atomic E-state index is 12.5. The first-order valence-electron chi connectivity index (χ1n) is 8.90. The average Bonchev–Trinajstić information content (AvgIpc) is 3.19. The number of fused-ring (bicyclic) bond motifs is 1. The van der Waals surface area contributed by atoms with E-state index in [4.69, 9.17) is 0 Å². The number of likely N-dealkylation sites (tertiary alicyclic amines) is 1. The van der Waals surface area contributed by atoms with Crippen LogP contribution in [0.15, 0.2) is 24.3 Å². The SMILES string of the molecule is COC(=O)CCc1ccc(NC(=O)N2C[C@@H]3CCC[C@@]3(C(=O)O)C2)cc1. The van der Waals surface area contributed by atoms with Crippen molar-refractivity contribution in [3.8, 4) is 0 Å². The largest absolute Gasteiger partial charge is 0.481 e.